The van der Waals surface area contributed by atoms with Crippen LogP contribution in [-0.4, -0.2) is 15.9 Å². The van der Waals surface area contributed by atoms with E-state index in [1.807, 2.05) is 61.5 Å². The van der Waals surface area contributed by atoms with Crippen molar-refractivity contribution in [2.45, 2.75) is 13.5 Å². The molecule has 0 aliphatic heterocycles. The molecular weight excluding hydrogens is 352 g/mol. The fraction of sp³-hybridized carbons (Fsp3) is 0.105. The molecule has 4 rings (SSSR count). The number of carbonyl (C=O) groups is 1. The minimum absolute atomic E-state index is 0.170. The molecular formula is C19H14N2O2S2. The lowest BCUT2D eigenvalue weighted by Gasteiger charge is -2.03. The van der Waals surface area contributed by atoms with Crippen LogP contribution in [0.1, 0.15) is 19.7 Å². The van der Waals surface area contributed by atoms with Gasteiger partial charge < -0.3 is 4.74 Å². The minimum Gasteiger partial charge on any atom is -0.454 e. The van der Waals surface area contributed by atoms with Crippen molar-refractivity contribution in [3.8, 4) is 11.3 Å². The normalized spacial score (nSPS) is 10.9. The highest BCUT2D eigenvalue weighted by molar-refractivity contribution is 7.18. The molecule has 2 heterocycles. The Morgan fingerprint density at radius 3 is 2.56 bits per heavy atom. The summed E-state index contributed by atoms with van der Waals surface area (Å²) in [7, 11) is 0. The molecule has 0 unspecified atom stereocenters. The Balaban J connectivity index is 1.55. The second-order valence-corrected chi connectivity index (χ2v) is 7.75. The van der Waals surface area contributed by atoms with Crippen LogP contribution in [-0.2, 0) is 11.3 Å². The molecule has 0 saturated carbocycles. The van der Waals surface area contributed by atoms with E-state index in [9.17, 15) is 4.79 Å². The molecule has 0 N–H and O–H groups in total. The number of ether oxygens (including phenoxy) is 1. The van der Waals surface area contributed by atoms with Gasteiger partial charge >= 0.3 is 5.97 Å². The topological polar surface area (TPSA) is 52.1 Å². The van der Waals surface area contributed by atoms with Crippen molar-refractivity contribution in [1.82, 2.24) is 9.97 Å². The van der Waals surface area contributed by atoms with Crippen molar-refractivity contribution in [1.29, 1.82) is 0 Å². The van der Waals surface area contributed by atoms with Gasteiger partial charge in [-0.15, -0.1) is 22.7 Å². The van der Waals surface area contributed by atoms with Crippen LogP contribution in [0.2, 0.25) is 0 Å². The number of hydrogen-bond acceptors (Lipinski definition) is 6. The first-order chi connectivity index (χ1) is 12.2. The molecule has 2 aromatic heterocycles. The molecule has 4 nitrogen and oxygen atoms in total. The van der Waals surface area contributed by atoms with Crippen LogP contribution < -0.4 is 0 Å². The standard InChI is InChI=1S/C19H14N2O2S2/c1-12-20-17(13-7-3-2-4-8-13)18(24-12)19(22)23-11-16-21-14-9-5-6-10-15(14)25-16/h2-10H,11H2,1H3. The number of aryl methyl sites for hydroxylation is 1. The van der Waals surface area contributed by atoms with Crippen LogP contribution in [0.3, 0.4) is 0 Å². The fourth-order valence-corrected chi connectivity index (χ4v) is 4.25. The summed E-state index contributed by atoms with van der Waals surface area (Å²) < 4.78 is 6.59. The summed E-state index contributed by atoms with van der Waals surface area (Å²) in [5.41, 5.74) is 2.52. The third-order valence-corrected chi connectivity index (χ3v) is 5.59. The molecule has 0 saturated heterocycles. The van der Waals surface area contributed by atoms with Crippen molar-refractivity contribution < 1.29 is 9.53 Å². The van der Waals surface area contributed by atoms with E-state index in [-0.39, 0.29) is 12.6 Å². The van der Waals surface area contributed by atoms with Crippen molar-refractivity contribution >= 4 is 38.9 Å². The minimum atomic E-state index is -0.358. The molecule has 25 heavy (non-hydrogen) atoms. The molecule has 124 valence electrons. The highest BCUT2D eigenvalue weighted by atomic mass is 32.1. The van der Waals surface area contributed by atoms with E-state index in [0.29, 0.717) is 10.6 Å². The average Bonchev–Trinajstić information content (AvgIpc) is 3.23. The van der Waals surface area contributed by atoms with Crippen LogP contribution >= 0.6 is 22.7 Å². The molecule has 0 aliphatic rings. The van der Waals surface area contributed by atoms with Crippen LogP contribution in [0.5, 0.6) is 0 Å². The molecule has 4 aromatic rings. The van der Waals surface area contributed by atoms with Gasteiger partial charge in [0, 0.05) is 5.56 Å². The van der Waals surface area contributed by atoms with Crippen molar-refractivity contribution in [2.24, 2.45) is 0 Å². The quantitative estimate of drug-likeness (QED) is 0.472. The summed E-state index contributed by atoms with van der Waals surface area (Å²) in [5.74, 6) is -0.358. The Morgan fingerprint density at radius 2 is 1.76 bits per heavy atom. The van der Waals surface area contributed by atoms with Gasteiger partial charge in [0.15, 0.2) is 0 Å². The van der Waals surface area contributed by atoms with E-state index in [1.54, 1.807) is 0 Å². The third kappa shape index (κ3) is 3.31. The Morgan fingerprint density at radius 1 is 1.00 bits per heavy atom. The monoisotopic (exact) mass is 366 g/mol. The van der Waals surface area contributed by atoms with Gasteiger partial charge in [0.05, 0.1) is 20.9 Å². The van der Waals surface area contributed by atoms with E-state index in [2.05, 4.69) is 9.97 Å². The zero-order valence-corrected chi connectivity index (χ0v) is 15.1. The van der Waals surface area contributed by atoms with E-state index in [1.165, 1.54) is 22.7 Å². The molecule has 0 aliphatic carbocycles. The Bertz CT molecular complexity index is 1000. The number of benzene rings is 2. The van der Waals surface area contributed by atoms with E-state index >= 15 is 0 Å². The van der Waals surface area contributed by atoms with Gasteiger partial charge in [-0.3, -0.25) is 0 Å². The van der Waals surface area contributed by atoms with Gasteiger partial charge in [-0.25, -0.2) is 14.8 Å². The number of para-hydroxylation sites is 1. The summed E-state index contributed by atoms with van der Waals surface area (Å²) in [5, 5.41) is 1.63. The second-order valence-electron chi connectivity index (χ2n) is 5.43. The van der Waals surface area contributed by atoms with Crippen molar-refractivity contribution in [3.63, 3.8) is 0 Å². The molecule has 0 radical (unpaired) electrons. The zero-order valence-electron chi connectivity index (χ0n) is 13.4. The maximum atomic E-state index is 12.6. The third-order valence-electron chi connectivity index (χ3n) is 3.63. The summed E-state index contributed by atoms with van der Waals surface area (Å²) >= 11 is 2.89. The first-order valence-electron chi connectivity index (χ1n) is 7.75. The molecule has 2 aromatic carbocycles. The average molecular weight is 366 g/mol. The number of rotatable bonds is 4. The highest BCUT2D eigenvalue weighted by Crippen LogP contribution is 2.29. The van der Waals surface area contributed by atoms with Crippen LogP contribution in [0.25, 0.3) is 21.5 Å². The van der Waals surface area contributed by atoms with Crippen molar-refractivity contribution in [2.75, 3.05) is 0 Å². The summed E-state index contributed by atoms with van der Waals surface area (Å²) in [6.07, 6.45) is 0. The first kappa shape index (κ1) is 15.9. The smallest absolute Gasteiger partial charge is 0.351 e. The number of carbonyl (C=O) groups excluding carboxylic acids is 1. The van der Waals surface area contributed by atoms with Gasteiger partial charge in [-0.05, 0) is 19.1 Å². The maximum absolute atomic E-state index is 12.6. The molecule has 0 bridgehead atoms. The van der Waals surface area contributed by atoms with Gasteiger partial charge in [0.25, 0.3) is 0 Å². The molecule has 0 fully saturated rings. The number of esters is 1. The van der Waals surface area contributed by atoms with E-state index in [0.717, 1.165) is 25.8 Å². The molecule has 0 spiro atoms. The first-order valence-corrected chi connectivity index (χ1v) is 9.38. The fourth-order valence-electron chi connectivity index (χ4n) is 2.53. The van der Waals surface area contributed by atoms with Gasteiger partial charge in [0.2, 0.25) is 0 Å². The SMILES string of the molecule is Cc1nc(-c2ccccc2)c(C(=O)OCc2nc3ccccc3s2)s1. The number of thiazole rings is 2. The zero-order chi connectivity index (χ0) is 17.2. The van der Waals surface area contributed by atoms with E-state index in [4.69, 9.17) is 4.74 Å². The number of hydrogen-bond donors (Lipinski definition) is 0. The summed E-state index contributed by atoms with van der Waals surface area (Å²) in [6, 6.07) is 17.6. The summed E-state index contributed by atoms with van der Waals surface area (Å²) in [6.45, 7) is 2.06. The van der Waals surface area contributed by atoms with Gasteiger partial charge in [-0.2, -0.15) is 0 Å². The predicted molar refractivity (Wildman–Crippen MR) is 101 cm³/mol. The summed E-state index contributed by atoms with van der Waals surface area (Å²) in [4.78, 5) is 22.1. The largest absolute Gasteiger partial charge is 0.454 e. The van der Waals surface area contributed by atoms with Crippen LogP contribution in [0.15, 0.2) is 54.6 Å². The van der Waals surface area contributed by atoms with Gasteiger partial charge in [-0.1, -0.05) is 42.5 Å². The maximum Gasteiger partial charge on any atom is 0.351 e. The lowest BCUT2D eigenvalue weighted by Crippen LogP contribution is -2.04. The Labute approximate surface area is 152 Å². The van der Waals surface area contributed by atoms with E-state index < -0.39 is 0 Å². The van der Waals surface area contributed by atoms with Crippen molar-refractivity contribution in [3.05, 3.63) is 69.5 Å². The van der Waals surface area contributed by atoms with Gasteiger partial charge in [0.1, 0.15) is 16.5 Å². The predicted octanol–water partition coefficient (Wildman–Crippen LogP) is 5.09. The Kier molecular flexibility index (Phi) is 4.29. The second kappa shape index (κ2) is 6.74. The number of aromatic nitrogens is 2. The number of fused-ring (bicyclic) bond motifs is 1. The molecule has 0 amide bonds. The van der Waals surface area contributed by atoms with Crippen LogP contribution in [0, 0.1) is 6.92 Å². The highest BCUT2D eigenvalue weighted by Gasteiger charge is 2.20. The molecule has 0 atom stereocenters. The molecule has 6 heteroatoms. The lowest BCUT2D eigenvalue weighted by atomic mass is 10.1. The van der Waals surface area contributed by atoms with Crippen LogP contribution in [0.4, 0.5) is 0 Å². The number of nitrogens with zero attached hydrogens (tertiary/aromatic N) is 2. The Hall–Kier alpha value is -2.57. The lowest BCUT2D eigenvalue weighted by molar-refractivity contribution is 0.0479.